The summed E-state index contributed by atoms with van der Waals surface area (Å²) in [5, 5.41) is 8.49. The molecule has 0 radical (unpaired) electrons. The van der Waals surface area contributed by atoms with Gasteiger partial charge in [0.25, 0.3) is 0 Å². The number of hydrogen-bond acceptors (Lipinski definition) is 3. The number of ketones is 2. The third-order valence-electron chi connectivity index (χ3n) is 2.33. The van der Waals surface area contributed by atoms with Crippen molar-refractivity contribution in [3.8, 4) is 0 Å². The van der Waals surface area contributed by atoms with Crippen LogP contribution >= 0.6 is 0 Å². The van der Waals surface area contributed by atoms with Gasteiger partial charge in [0.05, 0.1) is 0 Å². The van der Waals surface area contributed by atoms with Crippen LogP contribution in [0.1, 0.15) is 32.1 Å². The fourth-order valence-electron chi connectivity index (χ4n) is 1.61. The molecular weight excluding hydrogens is 156 g/mol. The van der Waals surface area contributed by atoms with Crippen LogP contribution in [0, 0.1) is 5.92 Å². The smallest absolute Gasteiger partial charge is 0.158 e. The van der Waals surface area contributed by atoms with E-state index in [9.17, 15) is 9.59 Å². The van der Waals surface area contributed by atoms with E-state index in [4.69, 9.17) is 5.11 Å². The second kappa shape index (κ2) is 4.36. The molecule has 0 saturated heterocycles. The maximum absolute atomic E-state index is 11.2. The molecule has 0 bridgehead atoms. The van der Waals surface area contributed by atoms with Gasteiger partial charge in [-0.3, -0.25) is 9.59 Å². The predicted molar refractivity (Wildman–Crippen MR) is 43.7 cm³/mol. The van der Waals surface area contributed by atoms with E-state index in [1.165, 1.54) is 0 Å². The Hall–Kier alpha value is -0.700. The first-order valence-corrected chi connectivity index (χ1v) is 4.39. The predicted octanol–water partition coefficient (Wildman–Crippen LogP) is 0.697. The van der Waals surface area contributed by atoms with Crippen molar-refractivity contribution in [2.24, 2.45) is 5.92 Å². The number of carbonyl (C=O) groups is 2. The number of carbonyl (C=O) groups excluding carboxylic acids is 2. The van der Waals surface area contributed by atoms with E-state index < -0.39 is 6.61 Å². The van der Waals surface area contributed by atoms with Crippen LogP contribution in [-0.2, 0) is 9.59 Å². The first-order valence-electron chi connectivity index (χ1n) is 4.39. The highest BCUT2D eigenvalue weighted by Gasteiger charge is 2.23. The van der Waals surface area contributed by atoms with Gasteiger partial charge in [-0.15, -0.1) is 0 Å². The zero-order chi connectivity index (χ0) is 8.97. The van der Waals surface area contributed by atoms with E-state index in [1.807, 2.05) is 0 Å². The Balaban J connectivity index is 2.39. The van der Waals surface area contributed by atoms with Gasteiger partial charge in [0.1, 0.15) is 12.4 Å². The largest absolute Gasteiger partial charge is 0.389 e. The zero-order valence-corrected chi connectivity index (χ0v) is 7.08. The fourth-order valence-corrected chi connectivity index (χ4v) is 1.61. The summed E-state index contributed by atoms with van der Waals surface area (Å²) in [5.41, 5.74) is 0. The highest BCUT2D eigenvalue weighted by atomic mass is 16.3. The Kier molecular flexibility index (Phi) is 3.41. The standard InChI is InChI=1S/C9H14O3/c10-6-8(11)5-7-3-1-2-4-9(7)12/h7,10H,1-6H2. The quantitative estimate of drug-likeness (QED) is 0.678. The molecule has 0 aromatic carbocycles. The lowest BCUT2D eigenvalue weighted by molar-refractivity contribution is -0.130. The lowest BCUT2D eigenvalue weighted by atomic mass is 9.85. The van der Waals surface area contributed by atoms with E-state index in [0.29, 0.717) is 6.42 Å². The minimum Gasteiger partial charge on any atom is -0.389 e. The first-order chi connectivity index (χ1) is 5.74. The number of aliphatic hydroxyl groups excluding tert-OH is 1. The van der Waals surface area contributed by atoms with E-state index >= 15 is 0 Å². The van der Waals surface area contributed by atoms with Crippen LogP contribution < -0.4 is 0 Å². The SMILES string of the molecule is O=C(CO)CC1CCCCC1=O. The van der Waals surface area contributed by atoms with Crippen molar-refractivity contribution < 1.29 is 14.7 Å². The van der Waals surface area contributed by atoms with E-state index in [0.717, 1.165) is 19.3 Å². The van der Waals surface area contributed by atoms with Crippen molar-refractivity contribution in [1.29, 1.82) is 0 Å². The summed E-state index contributed by atoms with van der Waals surface area (Å²) in [4.78, 5) is 22.0. The highest BCUT2D eigenvalue weighted by Crippen LogP contribution is 2.23. The molecule has 1 unspecified atom stereocenters. The van der Waals surface area contributed by atoms with Gasteiger partial charge < -0.3 is 5.11 Å². The van der Waals surface area contributed by atoms with Crippen molar-refractivity contribution in [2.75, 3.05) is 6.61 Å². The molecule has 0 aromatic heterocycles. The molecule has 1 fully saturated rings. The maximum atomic E-state index is 11.2. The Morgan fingerprint density at radius 2 is 2.25 bits per heavy atom. The topological polar surface area (TPSA) is 54.4 Å². The Morgan fingerprint density at radius 1 is 1.50 bits per heavy atom. The minimum absolute atomic E-state index is 0.0987. The summed E-state index contributed by atoms with van der Waals surface area (Å²) >= 11 is 0. The normalized spacial score (nSPS) is 24.1. The highest BCUT2D eigenvalue weighted by molar-refractivity contribution is 5.88. The molecule has 0 heterocycles. The number of aliphatic hydroxyl groups is 1. The van der Waals surface area contributed by atoms with E-state index in [-0.39, 0.29) is 23.9 Å². The molecule has 3 heteroatoms. The summed E-state index contributed by atoms with van der Waals surface area (Å²) < 4.78 is 0. The lowest BCUT2D eigenvalue weighted by Crippen LogP contribution is -2.23. The summed E-state index contributed by atoms with van der Waals surface area (Å²) in [6, 6.07) is 0. The number of hydrogen-bond donors (Lipinski definition) is 1. The third-order valence-corrected chi connectivity index (χ3v) is 2.33. The molecule has 3 nitrogen and oxygen atoms in total. The molecule has 1 atom stereocenters. The molecular formula is C9H14O3. The second-order valence-corrected chi connectivity index (χ2v) is 3.31. The summed E-state index contributed by atoms with van der Waals surface area (Å²) in [7, 11) is 0. The van der Waals surface area contributed by atoms with Gasteiger partial charge in [-0.05, 0) is 12.8 Å². The fraction of sp³-hybridized carbons (Fsp3) is 0.778. The maximum Gasteiger partial charge on any atom is 0.158 e. The summed E-state index contributed by atoms with van der Waals surface area (Å²) in [5.74, 6) is -0.114. The van der Waals surface area contributed by atoms with Crippen molar-refractivity contribution in [1.82, 2.24) is 0 Å². The van der Waals surface area contributed by atoms with Crippen molar-refractivity contribution in [3.63, 3.8) is 0 Å². The molecule has 0 amide bonds. The molecule has 68 valence electrons. The Labute approximate surface area is 71.8 Å². The molecule has 1 N–H and O–H groups in total. The lowest BCUT2D eigenvalue weighted by Gasteiger charge is -2.18. The third kappa shape index (κ3) is 2.41. The van der Waals surface area contributed by atoms with E-state index in [1.54, 1.807) is 0 Å². The molecule has 1 saturated carbocycles. The van der Waals surface area contributed by atoms with Gasteiger partial charge >= 0.3 is 0 Å². The summed E-state index contributed by atoms with van der Waals surface area (Å²) in [6.07, 6.45) is 3.68. The number of Topliss-reactive ketones (excluding diaryl/α,β-unsaturated/α-hetero) is 2. The van der Waals surface area contributed by atoms with Crippen molar-refractivity contribution >= 4 is 11.6 Å². The monoisotopic (exact) mass is 170 g/mol. The Morgan fingerprint density at radius 3 is 2.83 bits per heavy atom. The second-order valence-electron chi connectivity index (χ2n) is 3.31. The van der Waals surface area contributed by atoms with Crippen LogP contribution in [-0.4, -0.2) is 23.3 Å². The Bertz CT molecular complexity index is 186. The molecule has 1 rings (SSSR count). The first kappa shape index (κ1) is 9.39. The van der Waals surface area contributed by atoms with Crippen molar-refractivity contribution in [3.05, 3.63) is 0 Å². The number of rotatable bonds is 3. The summed E-state index contributed by atoms with van der Waals surface area (Å²) in [6.45, 7) is -0.427. The zero-order valence-electron chi connectivity index (χ0n) is 7.08. The van der Waals surface area contributed by atoms with Crippen LogP contribution in [0.3, 0.4) is 0 Å². The van der Waals surface area contributed by atoms with Crippen LogP contribution in [0.4, 0.5) is 0 Å². The molecule has 0 aromatic rings. The van der Waals surface area contributed by atoms with Gasteiger partial charge in [-0.2, -0.15) is 0 Å². The van der Waals surface area contributed by atoms with E-state index in [2.05, 4.69) is 0 Å². The molecule has 0 aliphatic heterocycles. The van der Waals surface area contributed by atoms with Gasteiger partial charge in [-0.1, -0.05) is 6.42 Å². The van der Waals surface area contributed by atoms with Crippen LogP contribution in [0.2, 0.25) is 0 Å². The molecule has 0 spiro atoms. The van der Waals surface area contributed by atoms with Gasteiger partial charge in [0.2, 0.25) is 0 Å². The molecule has 1 aliphatic carbocycles. The van der Waals surface area contributed by atoms with Crippen molar-refractivity contribution in [2.45, 2.75) is 32.1 Å². The van der Waals surface area contributed by atoms with Crippen LogP contribution in [0.25, 0.3) is 0 Å². The minimum atomic E-state index is -0.427. The van der Waals surface area contributed by atoms with Crippen LogP contribution in [0.15, 0.2) is 0 Å². The average Bonchev–Trinajstić information content (AvgIpc) is 2.09. The van der Waals surface area contributed by atoms with Crippen LogP contribution in [0.5, 0.6) is 0 Å². The average molecular weight is 170 g/mol. The van der Waals surface area contributed by atoms with Gasteiger partial charge in [0.15, 0.2) is 5.78 Å². The van der Waals surface area contributed by atoms with Gasteiger partial charge in [-0.25, -0.2) is 0 Å². The molecule has 12 heavy (non-hydrogen) atoms. The molecule has 1 aliphatic rings. The van der Waals surface area contributed by atoms with Gasteiger partial charge in [0, 0.05) is 18.8 Å².